The minimum absolute atomic E-state index is 0.0373. The monoisotopic (exact) mass is 480 g/mol. The molecule has 34 heavy (non-hydrogen) atoms. The summed E-state index contributed by atoms with van der Waals surface area (Å²) in [5.74, 6) is -3.03. The van der Waals surface area contributed by atoms with Crippen LogP contribution in [0.1, 0.15) is 67.7 Å². The molecule has 188 valence electrons. The summed E-state index contributed by atoms with van der Waals surface area (Å²) in [5, 5.41) is 14.8. The molecule has 1 rings (SSSR count). The Balaban J connectivity index is 2.59. The summed E-state index contributed by atoms with van der Waals surface area (Å²) in [5.41, 5.74) is -0.769. The molecule has 0 radical (unpaired) electrons. The Kier molecular flexibility index (Phi) is 11.0. The molecular weight excluding hydrogens is 448 g/mol. The van der Waals surface area contributed by atoms with E-state index in [1.807, 2.05) is 0 Å². The first-order chi connectivity index (χ1) is 15.8. The summed E-state index contributed by atoms with van der Waals surface area (Å²) in [4.78, 5) is 59.6. The van der Waals surface area contributed by atoms with Gasteiger partial charge in [0, 0.05) is 19.0 Å². The number of rotatable bonds is 11. The van der Waals surface area contributed by atoms with E-state index in [0.29, 0.717) is 19.4 Å². The molecule has 0 saturated carbocycles. The van der Waals surface area contributed by atoms with Gasteiger partial charge in [-0.05, 0) is 58.2 Å². The van der Waals surface area contributed by atoms with Crippen LogP contribution in [0.5, 0.6) is 5.75 Å². The van der Waals surface area contributed by atoms with Gasteiger partial charge in [0.1, 0.15) is 23.0 Å². The van der Waals surface area contributed by atoms with E-state index in [1.165, 1.54) is 13.0 Å². The van der Waals surface area contributed by atoms with Gasteiger partial charge in [-0.3, -0.25) is 9.59 Å². The third-order valence-electron chi connectivity index (χ3n) is 4.32. The quantitative estimate of drug-likeness (QED) is 0.187. The third kappa shape index (κ3) is 10.3. The number of alkyl carbamates (subject to hydrolysis) is 1. The van der Waals surface area contributed by atoms with Crippen LogP contribution in [0.15, 0.2) is 18.2 Å². The van der Waals surface area contributed by atoms with Crippen molar-refractivity contribution in [3.63, 3.8) is 0 Å². The normalized spacial score (nSPS) is 11.7. The number of ether oxygens (including phenoxy) is 3. The maximum atomic E-state index is 12.4. The van der Waals surface area contributed by atoms with Crippen LogP contribution in [0, 0.1) is 0 Å². The van der Waals surface area contributed by atoms with Crippen LogP contribution in [0.2, 0.25) is 0 Å². The van der Waals surface area contributed by atoms with Crippen molar-refractivity contribution in [3.05, 3.63) is 29.3 Å². The molecule has 0 aromatic heterocycles. The van der Waals surface area contributed by atoms with Crippen LogP contribution in [-0.2, 0) is 23.8 Å². The number of carbonyl (C=O) groups is 5. The first-order valence-electron chi connectivity index (χ1n) is 10.7. The lowest BCUT2D eigenvalue weighted by molar-refractivity contribution is -0.146. The number of ketones is 1. The van der Waals surface area contributed by atoms with E-state index < -0.39 is 48.0 Å². The summed E-state index contributed by atoms with van der Waals surface area (Å²) in [6, 6.07) is 2.60. The van der Waals surface area contributed by atoms with Crippen molar-refractivity contribution in [1.29, 1.82) is 0 Å². The van der Waals surface area contributed by atoms with Gasteiger partial charge in [-0.2, -0.15) is 0 Å². The van der Waals surface area contributed by atoms with Gasteiger partial charge < -0.3 is 30.0 Å². The van der Waals surface area contributed by atoms with Gasteiger partial charge in [-0.15, -0.1) is 0 Å². The van der Waals surface area contributed by atoms with Crippen molar-refractivity contribution >= 4 is 29.7 Å². The van der Waals surface area contributed by atoms with Crippen molar-refractivity contribution in [2.75, 3.05) is 20.3 Å². The van der Waals surface area contributed by atoms with Crippen molar-refractivity contribution in [2.24, 2.45) is 0 Å². The van der Waals surface area contributed by atoms with Gasteiger partial charge >= 0.3 is 18.0 Å². The molecular formula is C23H32N2O9. The zero-order valence-corrected chi connectivity index (χ0v) is 20.1. The number of hydrogen-bond acceptors (Lipinski definition) is 9. The van der Waals surface area contributed by atoms with E-state index in [-0.39, 0.29) is 23.3 Å². The zero-order chi connectivity index (χ0) is 25.9. The second-order valence-electron chi connectivity index (χ2n) is 8.43. The topological polar surface area (TPSA) is 157 Å². The van der Waals surface area contributed by atoms with E-state index >= 15 is 0 Å². The van der Waals surface area contributed by atoms with Gasteiger partial charge in [0.05, 0.1) is 7.11 Å². The molecule has 0 aliphatic carbocycles. The van der Waals surface area contributed by atoms with Gasteiger partial charge in [0.15, 0.2) is 12.4 Å². The lowest BCUT2D eigenvalue weighted by atomic mass is 10.1. The molecule has 3 N–H and O–H groups in total. The highest BCUT2D eigenvalue weighted by molar-refractivity contribution is 6.01. The summed E-state index contributed by atoms with van der Waals surface area (Å²) in [7, 11) is 1.13. The molecule has 11 heteroatoms. The number of Topliss-reactive ketones (excluding diaryl/α,β-unsaturated/α-hetero) is 1. The number of benzene rings is 1. The predicted octanol–water partition coefficient (Wildman–Crippen LogP) is 2.10. The van der Waals surface area contributed by atoms with Crippen molar-refractivity contribution in [2.45, 2.75) is 58.6 Å². The Bertz CT molecular complexity index is 906. The van der Waals surface area contributed by atoms with Crippen LogP contribution < -0.4 is 10.6 Å². The molecule has 0 heterocycles. The lowest BCUT2D eigenvalue weighted by Gasteiger charge is -2.20. The molecule has 0 aliphatic rings. The maximum Gasteiger partial charge on any atom is 0.407 e. The first kappa shape index (κ1) is 28.4. The minimum Gasteiger partial charge on any atom is -0.507 e. The molecule has 0 bridgehead atoms. The predicted molar refractivity (Wildman–Crippen MR) is 120 cm³/mol. The Morgan fingerprint density at radius 2 is 1.76 bits per heavy atom. The fourth-order valence-corrected chi connectivity index (χ4v) is 2.78. The summed E-state index contributed by atoms with van der Waals surface area (Å²) >= 11 is 0. The highest BCUT2D eigenvalue weighted by Gasteiger charge is 2.23. The standard InChI is InChI=1S/C23H32N2O9/c1-14(26)25-17(8-6-7-11-24-22(31)34-23(2,3)4)21(30)33-13-19(28)15-9-10-18(27)16(12-15)20(29)32-5/h9-10,12,17,27H,6-8,11,13H2,1-5H3,(H,24,31)(H,25,26)/t17-/m0/s1. The number of unbranched alkanes of at least 4 members (excludes halogenated alkanes) is 1. The minimum atomic E-state index is -0.975. The molecule has 0 unspecified atom stereocenters. The van der Waals surface area contributed by atoms with Crippen molar-refractivity contribution in [3.8, 4) is 5.75 Å². The van der Waals surface area contributed by atoms with E-state index in [4.69, 9.17) is 9.47 Å². The highest BCUT2D eigenvalue weighted by atomic mass is 16.6. The zero-order valence-electron chi connectivity index (χ0n) is 20.1. The fraction of sp³-hybridized carbons (Fsp3) is 0.522. The summed E-state index contributed by atoms with van der Waals surface area (Å²) in [6.45, 7) is 6.20. The van der Waals surface area contributed by atoms with Gasteiger partial charge in [-0.25, -0.2) is 14.4 Å². The Hall–Kier alpha value is -3.63. The van der Waals surface area contributed by atoms with Gasteiger partial charge in [0.2, 0.25) is 5.91 Å². The van der Waals surface area contributed by atoms with Crippen molar-refractivity contribution in [1.82, 2.24) is 10.6 Å². The first-order valence-corrected chi connectivity index (χ1v) is 10.7. The number of phenols is 1. The molecule has 2 amide bonds. The molecule has 1 aromatic rings. The SMILES string of the molecule is COC(=O)c1cc(C(=O)COC(=O)[C@H](CCCCNC(=O)OC(C)(C)C)NC(C)=O)ccc1O. The van der Waals surface area contributed by atoms with Crippen LogP contribution in [-0.4, -0.2) is 66.7 Å². The number of phenolic OH excluding ortho intramolecular Hbond substituents is 1. The second-order valence-corrected chi connectivity index (χ2v) is 8.43. The maximum absolute atomic E-state index is 12.4. The average Bonchev–Trinajstić information content (AvgIpc) is 2.74. The second kappa shape index (κ2) is 13.2. The third-order valence-corrected chi connectivity index (χ3v) is 4.32. The van der Waals surface area contributed by atoms with E-state index in [9.17, 15) is 29.1 Å². The fourth-order valence-electron chi connectivity index (χ4n) is 2.78. The van der Waals surface area contributed by atoms with Crippen LogP contribution >= 0.6 is 0 Å². The number of aromatic hydroxyl groups is 1. The Morgan fingerprint density at radius 3 is 2.35 bits per heavy atom. The summed E-state index contributed by atoms with van der Waals surface area (Å²) in [6.07, 6.45) is 0.678. The number of nitrogens with one attached hydrogen (secondary N) is 2. The molecule has 0 aliphatic heterocycles. The molecule has 0 saturated heterocycles. The number of amides is 2. The van der Waals surface area contributed by atoms with Crippen LogP contribution in [0.3, 0.4) is 0 Å². The van der Waals surface area contributed by atoms with Gasteiger partial charge in [-0.1, -0.05) is 0 Å². The Labute approximate surface area is 198 Å². The van der Waals surface area contributed by atoms with E-state index in [1.54, 1.807) is 20.8 Å². The number of carbonyl (C=O) groups excluding carboxylic acids is 5. The smallest absolute Gasteiger partial charge is 0.407 e. The largest absolute Gasteiger partial charge is 0.507 e. The summed E-state index contributed by atoms with van der Waals surface area (Å²) < 4.78 is 14.7. The van der Waals surface area contributed by atoms with E-state index in [2.05, 4.69) is 15.4 Å². The average molecular weight is 481 g/mol. The number of esters is 2. The van der Waals surface area contributed by atoms with Gasteiger partial charge in [0.25, 0.3) is 0 Å². The lowest BCUT2D eigenvalue weighted by Crippen LogP contribution is -2.41. The number of methoxy groups -OCH3 is 1. The number of hydrogen-bond donors (Lipinski definition) is 3. The van der Waals surface area contributed by atoms with Crippen molar-refractivity contribution < 1.29 is 43.3 Å². The molecule has 11 nitrogen and oxygen atoms in total. The molecule has 1 aromatic carbocycles. The molecule has 1 atom stereocenters. The highest BCUT2D eigenvalue weighted by Crippen LogP contribution is 2.20. The van der Waals surface area contributed by atoms with Crippen LogP contribution in [0.4, 0.5) is 4.79 Å². The van der Waals surface area contributed by atoms with Crippen LogP contribution in [0.25, 0.3) is 0 Å². The van der Waals surface area contributed by atoms with E-state index in [0.717, 1.165) is 19.2 Å². The Morgan fingerprint density at radius 1 is 1.09 bits per heavy atom. The molecule has 0 spiro atoms. The molecule has 0 fully saturated rings.